The van der Waals surface area contributed by atoms with Gasteiger partial charge in [0.05, 0.1) is 0 Å². The van der Waals surface area contributed by atoms with Crippen LogP contribution in [0.1, 0.15) is 125 Å². The molecule has 0 fully saturated rings. The molecule has 0 aromatic rings. The van der Waals surface area contributed by atoms with Gasteiger partial charge < -0.3 is 31.6 Å². The van der Waals surface area contributed by atoms with E-state index in [0.29, 0.717) is 0 Å². The van der Waals surface area contributed by atoms with Crippen molar-refractivity contribution in [1.82, 2.24) is 0 Å². The first-order valence-electron chi connectivity index (χ1n) is 11.5. The monoisotopic (exact) mass is 607 g/mol. The van der Waals surface area contributed by atoms with Crippen LogP contribution in [0, 0.1) is 35.6 Å². The zero-order valence-electron chi connectivity index (χ0n) is 25.6. The summed E-state index contributed by atoms with van der Waals surface area (Å²) in [5.74, 6) is 0. The van der Waals surface area contributed by atoms with Gasteiger partial charge in [-0.15, -0.1) is 0 Å². The van der Waals surface area contributed by atoms with Gasteiger partial charge in [0.25, 0.3) is 0 Å². The number of hydrogen-bond donors (Lipinski definition) is 0. The van der Waals surface area contributed by atoms with E-state index in [0.717, 1.165) is 0 Å². The molecule has 0 rings (SSSR count). The summed E-state index contributed by atoms with van der Waals surface area (Å²) in [6, 6.07) is 0. The van der Waals surface area contributed by atoms with E-state index in [9.17, 15) is 0 Å². The van der Waals surface area contributed by atoms with Gasteiger partial charge in [0.2, 0.25) is 0 Å². The summed E-state index contributed by atoms with van der Waals surface area (Å²) in [6.45, 7) is 35.9. The molecule has 0 N–H and O–H groups in total. The third-order valence-electron chi connectivity index (χ3n) is 2.07. The summed E-state index contributed by atoms with van der Waals surface area (Å²) in [5, 5.41) is 23.3. The van der Waals surface area contributed by atoms with Gasteiger partial charge in [-0.1, -0.05) is 125 Å². The molecule has 0 atom stereocenters. The van der Waals surface area contributed by atoms with E-state index >= 15 is 0 Å². The Hall–Kier alpha value is -0.605. The molecule has 0 heterocycles. The molecule has 10 heteroatoms. The first-order chi connectivity index (χ1) is 14.1. The Morgan fingerprint density at radius 2 is 0.471 bits per heavy atom. The SMILES string of the molecule is CC(C)(C)N=N[N-]C(C)(C)C.CC(C)(C)N=N[N-]C(C)(C)C.CC(C)(C)N=N[N-]C(C)(C)C.[La+3]. The van der Waals surface area contributed by atoms with E-state index in [1.165, 1.54) is 0 Å². The van der Waals surface area contributed by atoms with Crippen LogP contribution in [0.15, 0.2) is 31.0 Å². The van der Waals surface area contributed by atoms with Crippen molar-refractivity contribution in [2.75, 3.05) is 0 Å². The van der Waals surface area contributed by atoms with Crippen molar-refractivity contribution in [3.63, 3.8) is 0 Å². The van der Waals surface area contributed by atoms with Crippen LogP contribution < -0.4 is 0 Å². The fraction of sp³-hybridized carbons (Fsp3) is 1.00. The molecule has 0 aliphatic heterocycles. The molecular weight excluding hydrogens is 553 g/mol. The molecule has 0 aromatic carbocycles. The quantitative estimate of drug-likeness (QED) is 0.224. The molecule has 0 saturated heterocycles. The Balaban J connectivity index is -0.000000196. The van der Waals surface area contributed by atoms with Crippen molar-refractivity contribution in [1.29, 1.82) is 0 Å². The minimum Gasteiger partial charge on any atom is -0.376 e. The van der Waals surface area contributed by atoms with E-state index < -0.39 is 0 Å². The summed E-state index contributed by atoms with van der Waals surface area (Å²) in [5.41, 5.74) is 11.3. The summed E-state index contributed by atoms with van der Waals surface area (Å²) < 4.78 is 0. The van der Waals surface area contributed by atoms with Crippen LogP contribution in [0.5, 0.6) is 0 Å². The molecule has 0 aliphatic carbocycles. The Bertz CT molecular complexity index is 501. The Morgan fingerprint density at radius 1 is 0.324 bits per heavy atom. The molecule has 0 unspecified atom stereocenters. The number of nitrogens with zero attached hydrogens (tertiary/aromatic N) is 9. The van der Waals surface area contributed by atoms with Gasteiger partial charge in [0.15, 0.2) is 0 Å². The molecule has 34 heavy (non-hydrogen) atoms. The van der Waals surface area contributed by atoms with Crippen molar-refractivity contribution in [2.45, 2.75) is 158 Å². The second-order valence-electron chi connectivity index (χ2n) is 13.9. The molecule has 0 saturated carbocycles. The van der Waals surface area contributed by atoms with Crippen LogP contribution in [-0.4, -0.2) is 33.2 Å². The minimum atomic E-state index is -0.116. The predicted molar refractivity (Wildman–Crippen MR) is 143 cm³/mol. The molecular formula is C24H54LaN9. The molecule has 0 bridgehead atoms. The van der Waals surface area contributed by atoms with Crippen molar-refractivity contribution < 1.29 is 35.6 Å². The van der Waals surface area contributed by atoms with Gasteiger partial charge in [-0.05, 0) is 33.2 Å². The predicted octanol–water partition coefficient (Wildman–Crippen LogP) is 9.97. The molecule has 0 amide bonds. The maximum absolute atomic E-state index is 4.00. The summed E-state index contributed by atoms with van der Waals surface area (Å²) in [7, 11) is 0. The topological polar surface area (TPSA) is 116 Å². The Morgan fingerprint density at radius 3 is 0.559 bits per heavy atom. The van der Waals surface area contributed by atoms with Crippen molar-refractivity contribution in [3.8, 4) is 0 Å². The van der Waals surface area contributed by atoms with Gasteiger partial charge in [0, 0.05) is 0 Å². The summed E-state index contributed by atoms with van der Waals surface area (Å²) in [6.07, 6.45) is 0. The summed E-state index contributed by atoms with van der Waals surface area (Å²) >= 11 is 0. The van der Waals surface area contributed by atoms with E-state index in [2.05, 4.69) is 47.3 Å². The fourth-order valence-electron chi connectivity index (χ4n) is 0.872. The van der Waals surface area contributed by atoms with Crippen LogP contribution >= 0.6 is 0 Å². The van der Waals surface area contributed by atoms with Crippen LogP contribution in [0.25, 0.3) is 16.3 Å². The molecule has 0 radical (unpaired) electrons. The smallest absolute Gasteiger partial charge is 0.376 e. The zero-order valence-corrected chi connectivity index (χ0v) is 29.2. The van der Waals surface area contributed by atoms with Crippen LogP contribution in [0.3, 0.4) is 0 Å². The van der Waals surface area contributed by atoms with Gasteiger partial charge in [-0.2, -0.15) is 0 Å². The maximum Gasteiger partial charge on any atom is 3.00 e. The van der Waals surface area contributed by atoms with E-state index in [4.69, 9.17) is 0 Å². The van der Waals surface area contributed by atoms with Gasteiger partial charge >= 0.3 is 35.6 Å². The van der Waals surface area contributed by atoms with E-state index in [1.807, 2.05) is 125 Å². The molecule has 9 nitrogen and oxygen atoms in total. The van der Waals surface area contributed by atoms with Gasteiger partial charge in [0.1, 0.15) is 0 Å². The maximum atomic E-state index is 4.00. The zero-order chi connectivity index (χ0) is 27.4. The second-order valence-corrected chi connectivity index (χ2v) is 13.9. The summed E-state index contributed by atoms with van der Waals surface area (Å²) in [4.78, 5) is 0. The number of hydrogen-bond acceptors (Lipinski definition) is 6. The van der Waals surface area contributed by atoms with Crippen molar-refractivity contribution in [3.05, 3.63) is 16.3 Å². The largest absolute Gasteiger partial charge is 3.00 e. The second kappa shape index (κ2) is 16.2. The molecule has 0 aliphatic rings. The number of rotatable bonds is 3. The normalized spacial score (nSPS) is 13.6. The Kier molecular flexibility index (Phi) is 19.3. The minimum absolute atomic E-state index is 0. The first-order valence-corrected chi connectivity index (χ1v) is 11.5. The van der Waals surface area contributed by atoms with Crippen molar-refractivity contribution in [2.24, 2.45) is 31.0 Å². The van der Waals surface area contributed by atoms with Gasteiger partial charge in [-0.3, -0.25) is 15.7 Å². The van der Waals surface area contributed by atoms with E-state index in [1.54, 1.807) is 0 Å². The van der Waals surface area contributed by atoms with Gasteiger partial charge in [-0.25, -0.2) is 0 Å². The molecule has 198 valence electrons. The van der Waals surface area contributed by atoms with Crippen molar-refractivity contribution >= 4 is 0 Å². The third-order valence-corrected chi connectivity index (χ3v) is 2.07. The Labute approximate surface area is 239 Å². The first kappa shape index (κ1) is 40.6. The standard InChI is InChI=1S/3C8H18N3.La/c3*1-7(2,3)9-11-10-8(4,5)6;/h3*1-6H3;/q3*-1;+3. The average molecular weight is 608 g/mol. The van der Waals surface area contributed by atoms with E-state index in [-0.39, 0.29) is 68.8 Å². The van der Waals surface area contributed by atoms with Crippen LogP contribution in [0.4, 0.5) is 0 Å². The molecule has 0 aromatic heterocycles. The van der Waals surface area contributed by atoms with Crippen LogP contribution in [0.2, 0.25) is 0 Å². The fourth-order valence-corrected chi connectivity index (χ4v) is 0.872. The molecule has 0 spiro atoms. The van der Waals surface area contributed by atoms with Crippen LogP contribution in [-0.2, 0) is 0 Å². The third kappa shape index (κ3) is 53.0. The average Bonchev–Trinajstić information content (AvgIpc) is 2.39.